The number of rotatable bonds is 18. The third kappa shape index (κ3) is 26.4. The van der Waals surface area contributed by atoms with Gasteiger partial charge >= 0.3 is 0 Å². The highest BCUT2D eigenvalue weighted by Crippen LogP contribution is 1.84. The van der Waals surface area contributed by atoms with Crippen molar-refractivity contribution in [1.82, 2.24) is 0 Å². The van der Waals surface area contributed by atoms with Crippen LogP contribution in [0.5, 0.6) is 0 Å². The van der Waals surface area contributed by atoms with Gasteiger partial charge in [-0.1, -0.05) is 27.7 Å². The van der Waals surface area contributed by atoms with E-state index in [0.717, 1.165) is 26.1 Å². The van der Waals surface area contributed by atoms with Crippen LogP contribution in [-0.2, 0) is 23.7 Å². The van der Waals surface area contributed by atoms with Crippen molar-refractivity contribution in [2.24, 2.45) is 4.99 Å². The molecule has 0 aromatic heterocycles. The summed E-state index contributed by atoms with van der Waals surface area (Å²) >= 11 is 0. The molecule has 0 saturated carbocycles. The molecule has 0 fully saturated rings. The lowest BCUT2D eigenvalue weighted by atomic mass is 10.5. The van der Waals surface area contributed by atoms with Crippen LogP contribution in [0.2, 0.25) is 0 Å². The Labute approximate surface area is 148 Å². The highest BCUT2D eigenvalue weighted by atomic mass is 16.5. The molecule has 0 aromatic carbocycles. The van der Waals surface area contributed by atoms with Gasteiger partial charge in [0.25, 0.3) is 0 Å². The fourth-order valence-electron chi connectivity index (χ4n) is 1.45. The quantitative estimate of drug-likeness (QED) is 0.281. The predicted molar refractivity (Wildman–Crippen MR) is 99.4 cm³/mol. The van der Waals surface area contributed by atoms with Crippen molar-refractivity contribution >= 4 is 6.21 Å². The van der Waals surface area contributed by atoms with Gasteiger partial charge in [0, 0.05) is 19.4 Å². The van der Waals surface area contributed by atoms with E-state index in [4.69, 9.17) is 23.7 Å². The Morgan fingerprint density at radius 2 is 1.00 bits per heavy atom. The lowest BCUT2D eigenvalue weighted by Gasteiger charge is -2.05. The molecule has 0 bridgehead atoms. The van der Waals surface area contributed by atoms with Crippen molar-refractivity contribution < 1.29 is 23.7 Å². The van der Waals surface area contributed by atoms with Crippen LogP contribution in [0.15, 0.2) is 4.99 Å². The molecular weight excluding hydrogens is 310 g/mol. The topological polar surface area (TPSA) is 58.5 Å². The van der Waals surface area contributed by atoms with Crippen LogP contribution in [0.4, 0.5) is 0 Å². The third-order valence-electron chi connectivity index (χ3n) is 2.50. The van der Waals surface area contributed by atoms with Crippen molar-refractivity contribution in [2.45, 2.75) is 40.5 Å². The SMILES string of the molecule is CC.CCCOCCOCCN=CCOCCOCCOCCC. The summed E-state index contributed by atoms with van der Waals surface area (Å²) in [6.45, 7) is 15.3. The summed E-state index contributed by atoms with van der Waals surface area (Å²) in [4.78, 5) is 4.20. The molecule has 0 heterocycles. The Hall–Kier alpha value is -0.530. The van der Waals surface area contributed by atoms with Crippen LogP contribution in [0.25, 0.3) is 0 Å². The first kappa shape index (κ1) is 25.7. The molecule has 24 heavy (non-hydrogen) atoms. The summed E-state index contributed by atoms with van der Waals surface area (Å²) in [5, 5.41) is 0. The maximum atomic E-state index is 5.37. The Kier molecular flexibility index (Phi) is 29.3. The molecule has 146 valence electrons. The van der Waals surface area contributed by atoms with Gasteiger partial charge in [-0.05, 0) is 12.8 Å². The van der Waals surface area contributed by atoms with E-state index in [1.54, 1.807) is 6.21 Å². The summed E-state index contributed by atoms with van der Waals surface area (Å²) in [5.74, 6) is 0. The van der Waals surface area contributed by atoms with Gasteiger partial charge in [0.05, 0.1) is 59.4 Å². The maximum Gasteiger partial charge on any atom is 0.0815 e. The Morgan fingerprint density at radius 3 is 1.50 bits per heavy atom. The molecule has 6 heteroatoms. The van der Waals surface area contributed by atoms with Gasteiger partial charge in [-0.15, -0.1) is 0 Å². The lowest BCUT2D eigenvalue weighted by molar-refractivity contribution is 0.0215. The molecule has 0 aliphatic rings. The zero-order valence-electron chi connectivity index (χ0n) is 16.3. The van der Waals surface area contributed by atoms with Gasteiger partial charge in [0.15, 0.2) is 0 Å². The largest absolute Gasteiger partial charge is 0.379 e. The monoisotopic (exact) mass is 349 g/mol. The molecule has 0 radical (unpaired) electrons. The third-order valence-corrected chi connectivity index (χ3v) is 2.50. The number of aliphatic imine (C=N–C) groups is 1. The average molecular weight is 350 g/mol. The van der Waals surface area contributed by atoms with Crippen molar-refractivity contribution in [3.05, 3.63) is 0 Å². The highest BCUT2D eigenvalue weighted by Gasteiger charge is 1.90. The van der Waals surface area contributed by atoms with Crippen LogP contribution in [0, 0.1) is 0 Å². The fraction of sp³-hybridized carbons (Fsp3) is 0.944. The van der Waals surface area contributed by atoms with Crippen LogP contribution in [0.1, 0.15) is 40.5 Å². The van der Waals surface area contributed by atoms with Gasteiger partial charge < -0.3 is 23.7 Å². The smallest absolute Gasteiger partial charge is 0.0815 e. The molecule has 0 amide bonds. The van der Waals surface area contributed by atoms with Gasteiger partial charge in [0.1, 0.15) is 0 Å². The predicted octanol–water partition coefficient (Wildman–Crippen LogP) is 2.99. The van der Waals surface area contributed by atoms with Gasteiger partial charge in [0.2, 0.25) is 0 Å². The summed E-state index contributed by atoms with van der Waals surface area (Å²) < 4.78 is 26.7. The number of hydrogen-bond acceptors (Lipinski definition) is 6. The molecule has 0 aliphatic heterocycles. The van der Waals surface area contributed by atoms with E-state index in [9.17, 15) is 0 Å². The van der Waals surface area contributed by atoms with E-state index in [1.165, 1.54) is 0 Å². The zero-order valence-corrected chi connectivity index (χ0v) is 16.3. The molecule has 0 atom stereocenters. The van der Waals surface area contributed by atoms with Gasteiger partial charge in [-0.2, -0.15) is 0 Å². The minimum Gasteiger partial charge on any atom is -0.379 e. The van der Waals surface area contributed by atoms with Gasteiger partial charge in [-0.3, -0.25) is 4.99 Å². The molecular formula is C18H39NO5. The number of nitrogens with zero attached hydrogens (tertiary/aromatic N) is 1. The number of hydrogen-bond donors (Lipinski definition) is 0. The van der Waals surface area contributed by atoms with Gasteiger partial charge in [-0.25, -0.2) is 0 Å². The highest BCUT2D eigenvalue weighted by molar-refractivity contribution is 5.58. The van der Waals surface area contributed by atoms with E-state index < -0.39 is 0 Å². The molecule has 0 N–H and O–H groups in total. The van der Waals surface area contributed by atoms with E-state index >= 15 is 0 Å². The molecule has 6 nitrogen and oxygen atoms in total. The second kappa shape index (κ2) is 27.3. The standard InChI is InChI=1S/C16H33NO5.C2H6/c1-3-7-18-11-13-20-9-5-17-6-10-21-14-16-22-15-12-19-8-4-2;1-2/h6H,3-5,7-16H2,1-2H3;1-2H3. The van der Waals surface area contributed by atoms with Crippen LogP contribution in [-0.4, -0.2) is 78.8 Å². The fourth-order valence-corrected chi connectivity index (χ4v) is 1.45. The maximum absolute atomic E-state index is 5.37. The van der Waals surface area contributed by atoms with E-state index in [0.29, 0.717) is 59.4 Å². The first-order chi connectivity index (χ1) is 11.9. The second-order valence-corrected chi connectivity index (χ2v) is 4.61. The Balaban J connectivity index is 0. The van der Waals surface area contributed by atoms with Crippen molar-refractivity contribution in [1.29, 1.82) is 0 Å². The molecule has 0 aliphatic carbocycles. The van der Waals surface area contributed by atoms with Crippen molar-refractivity contribution in [2.75, 3.05) is 72.6 Å². The van der Waals surface area contributed by atoms with Crippen molar-refractivity contribution in [3.8, 4) is 0 Å². The normalized spacial score (nSPS) is 10.8. The van der Waals surface area contributed by atoms with E-state index in [-0.39, 0.29) is 0 Å². The molecule has 0 rings (SSSR count). The Morgan fingerprint density at radius 1 is 0.583 bits per heavy atom. The molecule has 0 spiro atoms. The average Bonchev–Trinajstić information content (AvgIpc) is 2.62. The summed E-state index contributed by atoms with van der Waals surface area (Å²) in [7, 11) is 0. The zero-order chi connectivity index (χ0) is 18.1. The van der Waals surface area contributed by atoms with Crippen LogP contribution in [0.3, 0.4) is 0 Å². The second-order valence-electron chi connectivity index (χ2n) is 4.61. The minimum atomic E-state index is 0.509. The number of ether oxygens (including phenoxy) is 5. The summed E-state index contributed by atoms with van der Waals surface area (Å²) in [6.07, 6.45) is 3.85. The Bertz CT molecular complexity index is 227. The minimum absolute atomic E-state index is 0.509. The summed E-state index contributed by atoms with van der Waals surface area (Å²) in [5.41, 5.74) is 0. The first-order valence-electron chi connectivity index (χ1n) is 9.28. The van der Waals surface area contributed by atoms with E-state index in [1.807, 2.05) is 13.8 Å². The summed E-state index contributed by atoms with van der Waals surface area (Å²) in [6, 6.07) is 0. The van der Waals surface area contributed by atoms with Crippen molar-refractivity contribution in [3.63, 3.8) is 0 Å². The van der Waals surface area contributed by atoms with E-state index in [2.05, 4.69) is 18.8 Å². The lowest BCUT2D eigenvalue weighted by Crippen LogP contribution is -2.10. The molecule has 0 unspecified atom stereocenters. The van der Waals surface area contributed by atoms with Crippen LogP contribution >= 0.6 is 0 Å². The van der Waals surface area contributed by atoms with Crippen LogP contribution < -0.4 is 0 Å². The molecule has 0 aromatic rings. The molecule has 0 saturated heterocycles. The first-order valence-corrected chi connectivity index (χ1v) is 9.28.